The first kappa shape index (κ1) is 18.0. The van der Waals surface area contributed by atoms with Crippen LogP contribution < -0.4 is 5.32 Å². The van der Waals surface area contributed by atoms with Crippen LogP contribution in [-0.2, 0) is 13.0 Å². The zero-order valence-corrected chi connectivity index (χ0v) is 16.4. The van der Waals surface area contributed by atoms with E-state index in [0.717, 1.165) is 37.3 Å². The van der Waals surface area contributed by atoms with E-state index in [2.05, 4.69) is 44.2 Å². The molecule has 1 unspecified atom stereocenters. The number of aromatic nitrogens is 3. The number of urea groups is 1. The normalized spacial score (nSPS) is 20.7. The first-order valence-corrected chi connectivity index (χ1v) is 10.4. The van der Waals surface area contributed by atoms with Gasteiger partial charge in [0.1, 0.15) is 5.84 Å². The molecule has 1 aromatic carbocycles. The van der Waals surface area contributed by atoms with Gasteiger partial charge in [-0.3, -0.25) is 10.3 Å². The lowest BCUT2D eigenvalue weighted by Crippen LogP contribution is -2.37. The van der Waals surface area contributed by atoms with Crippen LogP contribution in [0.4, 0.5) is 4.79 Å². The van der Waals surface area contributed by atoms with Gasteiger partial charge in [-0.25, -0.2) is 9.78 Å². The van der Waals surface area contributed by atoms with Gasteiger partial charge in [0.15, 0.2) is 0 Å². The standard InChI is InChI=1S/C22H26N6O/c29-22-26-21(24-9-8-17-14-25-19-5-2-1-4-18(17)19)20(16-6-7-16)28(22)12-3-11-27-13-10-23-15-27/h1-2,4-5,10,13-16,20,25H,3,6-9,11-12H2,(H,24,26,29). The third kappa shape index (κ3) is 3.77. The van der Waals surface area contributed by atoms with Gasteiger partial charge in [0.05, 0.1) is 12.4 Å². The van der Waals surface area contributed by atoms with Crippen molar-refractivity contribution in [3.8, 4) is 0 Å². The van der Waals surface area contributed by atoms with E-state index in [1.54, 1.807) is 6.20 Å². The summed E-state index contributed by atoms with van der Waals surface area (Å²) in [4.78, 5) is 26.8. The van der Waals surface area contributed by atoms with Crippen LogP contribution in [0.5, 0.6) is 0 Å². The average Bonchev–Trinajstić information content (AvgIpc) is 3.14. The molecule has 29 heavy (non-hydrogen) atoms. The van der Waals surface area contributed by atoms with Crippen molar-refractivity contribution < 1.29 is 4.79 Å². The number of nitrogens with one attached hydrogen (secondary N) is 2. The molecule has 2 fully saturated rings. The highest BCUT2D eigenvalue weighted by Gasteiger charge is 2.45. The smallest absolute Gasteiger partial charge is 0.323 e. The summed E-state index contributed by atoms with van der Waals surface area (Å²) in [5.74, 6) is 1.41. The Morgan fingerprint density at radius 2 is 2.10 bits per heavy atom. The van der Waals surface area contributed by atoms with Gasteiger partial charge in [-0.15, -0.1) is 0 Å². The molecule has 3 aromatic rings. The number of amidine groups is 1. The molecule has 2 aliphatic rings. The van der Waals surface area contributed by atoms with Gasteiger partial charge in [-0.1, -0.05) is 18.2 Å². The molecule has 1 saturated carbocycles. The number of carbonyl (C=O) groups excluding carboxylic acids is 1. The maximum Gasteiger partial charge on any atom is 0.323 e. The summed E-state index contributed by atoms with van der Waals surface area (Å²) < 4.78 is 2.05. The quantitative estimate of drug-likeness (QED) is 0.620. The SMILES string of the molecule is O=C1NC(=NCCc2c[nH]c3ccccc23)C(C2CC2)N1CCCn1ccnc1. The van der Waals surface area contributed by atoms with Gasteiger partial charge in [0, 0.05) is 49.1 Å². The maximum absolute atomic E-state index is 12.6. The zero-order chi connectivity index (χ0) is 19.6. The molecule has 0 spiro atoms. The van der Waals surface area contributed by atoms with E-state index in [4.69, 9.17) is 4.99 Å². The Labute approximate surface area is 169 Å². The summed E-state index contributed by atoms with van der Waals surface area (Å²) in [5, 5.41) is 4.30. The van der Waals surface area contributed by atoms with E-state index in [-0.39, 0.29) is 12.1 Å². The van der Waals surface area contributed by atoms with Crippen molar-refractivity contribution in [3.05, 3.63) is 54.7 Å². The Morgan fingerprint density at radius 3 is 2.93 bits per heavy atom. The highest BCUT2D eigenvalue weighted by Crippen LogP contribution is 2.37. The number of nitrogens with zero attached hydrogens (tertiary/aromatic N) is 4. The predicted octanol–water partition coefficient (Wildman–Crippen LogP) is 3.20. The number of rotatable bonds is 8. The lowest BCUT2D eigenvalue weighted by atomic mass is 10.1. The van der Waals surface area contributed by atoms with E-state index in [1.165, 1.54) is 23.8 Å². The number of hydrogen-bond acceptors (Lipinski definition) is 3. The fraction of sp³-hybridized carbons (Fsp3) is 0.409. The summed E-state index contributed by atoms with van der Waals surface area (Å²) in [7, 11) is 0. The fourth-order valence-electron chi connectivity index (χ4n) is 4.27. The average molecular weight is 390 g/mol. The van der Waals surface area contributed by atoms with Crippen molar-refractivity contribution in [1.29, 1.82) is 0 Å². The number of fused-ring (bicyclic) bond motifs is 1. The minimum Gasteiger partial charge on any atom is -0.361 e. The minimum absolute atomic E-state index is 0.00150. The number of amides is 2. The second kappa shape index (κ2) is 7.73. The number of benzene rings is 1. The molecule has 1 aliphatic heterocycles. The van der Waals surface area contributed by atoms with E-state index in [9.17, 15) is 4.79 Å². The summed E-state index contributed by atoms with van der Waals surface area (Å²) in [6.07, 6.45) is 11.8. The molecule has 2 N–H and O–H groups in total. The first-order chi connectivity index (χ1) is 14.3. The molecule has 3 heterocycles. The van der Waals surface area contributed by atoms with Crippen molar-refractivity contribution in [3.63, 3.8) is 0 Å². The van der Waals surface area contributed by atoms with Crippen LogP contribution in [-0.4, -0.2) is 50.4 Å². The molecule has 2 aromatic heterocycles. The lowest BCUT2D eigenvalue weighted by molar-refractivity contribution is 0.199. The molecule has 7 heteroatoms. The molecule has 1 aliphatic carbocycles. The van der Waals surface area contributed by atoms with Crippen LogP contribution in [0.1, 0.15) is 24.8 Å². The first-order valence-electron chi connectivity index (χ1n) is 10.4. The highest BCUT2D eigenvalue weighted by molar-refractivity contribution is 6.07. The Bertz CT molecular complexity index is 1020. The number of aromatic amines is 1. The number of aliphatic imine (C=N–C) groups is 1. The molecule has 0 bridgehead atoms. The van der Waals surface area contributed by atoms with Crippen LogP contribution >= 0.6 is 0 Å². The molecular formula is C22H26N6O. The third-order valence-electron chi connectivity index (χ3n) is 5.89. The molecule has 2 amide bonds. The fourth-order valence-corrected chi connectivity index (χ4v) is 4.27. The molecule has 7 nitrogen and oxygen atoms in total. The summed E-state index contributed by atoms with van der Waals surface area (Å²) in [6.45, 7) is 2.30. The van der Waals surface area contributed by atoms with Crippen molar-refractivity contribution in [1.82, 2.24) is 24.8 Å². The second-order valence-electron chi connectivity index (χ2n) is 7.94. The lowest BCUT2D eigenvalue weighted by Gasteiger charge is -2.22. The number of carbonyl (C=O) groups is 1. The largest absolute Gasteiger partial charge is 0.361 e. The summed E-state index contributed by atoms with van der Waals surface area (Å²) in [5.41, 5.74) is 2.43. The van der Waals surface area contributed by atoms with Crippen LogP contribution in [0.2, 0.25) is 0 Å². The Balaban J connectivity index is 1.23. The number of aryl methyl sites for hydroxylation is 1. The molecule has 0 radical (unpaired) electrons. The highest BCUT2D eigenvalue weighted by atomic mass is 16.2. The number of imidazole rings is 1. The molecular weight excluding hydrogens is 364 g/mol. The van der Waals surface area contributed by atoms with Gasteiger partial charge in [-0.05, 0) is 43.2 Å². The van der Waals surface area contributed by atoms with Crippen LogP contribution in [0.25, 0.3) is 10.9 Å². The van der Waals surface area contributed by atoms with Gasteiger partial charge < -0.3 is 14.5 Å². The maximum atomic E-state index is 12.6. The predicted molar refractivity (Wildman–Crippen MR) is 113 cm³/mol. The van der Waals surface area contributed by atoms with Crippen molar-refractivity contribution in [2.24, 2.45) is 10.9 Å². The molecule has 5 rings (SSSR count). The van der Waals surface area contributed by atoms with Crippen molar-refractivity contribution in [2.45, 2.75) is 38.3 Å². The van der Waals surface area contributed by atoms with E-state index in [1.807, 2.05) is 23.5 Å². The third-order valence-corrected chi connectivity index (χ3v) is 5.89. The van der Waals surface area contributed by atoms with Crippen molar-refractivity contribution in [2.75, 3.05) is 13.1 Å². The molecule has 1 saturated heterocycles. The van der Waals surface area contributed by atoms with Gasteiger partial charge in [0.25, 0.3) is 0 Å². The molecule has 150 valence electrons. The van der Waals surface area contributed by atoms with Gasteiger partial charge >= 0.3 is 6.03 Å². The molecule has 1 atom stereocenters. The Hall–Kier alpha value is -3.09. The van der Waals surface area contributed by atoms with Crippen LogP contribution in [0.3, 0.4) is 0 Å². The number of para-hydroxylation sites is 1. The van der Waals surface area contributed by atoms with Gasteiger partial charge in [0.2, 0.25) is 0 Å². The van der Waals surface area contributed by atoms with Gasteiger partial charge in [-0.2, -0.15) is 0 Å². The second-order valence-corrected chi connectivity index (χ2v) is 7.94. The zero-order valence-electron chi connectivity index (χ0n) is 16.4. The van der Waals surface area contributed by atoms with Crippen LogP contribution in [0.15, 0.2) is 54.2 Å². The van der Waals surface area contributed by atoms with Crippen LogP contribution in [0, 0.1) is 5.92 Å². The van der Waals surface area contributed by atoms with Crippen molar-refractivity contribution >= 4 is 22.8 Å². The minimum atomic E-state index is -0.00150. The topological polar surface area (TPSA) is 78.3 Å². The van der Waals surface area contributed by atoms with E-state index in [0.29, 0.717) is 12.5 Å². The number of H-pyrrole nitrogens is 1. The Morgan fingerprint density at radius 1 is 1.21 bits per heavy atom. The van der Waals surface area contributed by atoms with E-state index < -0.39 is 0 Å². The van der Waals surface area contributed by atoms with E-state index >= 15 is 0 Å². The monoisotopic (exact) mass is 390 g/mol. The summed E-state index contributed by atoms with van der Waals surface area (Å²) >= 11 is 0. The Kier molecular flexibility index (Phi) is 4.79. The summed E-state index contributed by atoms with van der Waals surface area (Å²) in [6, 6.07) is 8.45. The number of hydrogen-bond donors (Lipinski definition) is 2.